The molecule has 7 heteroatoms. The minimum atomic E-state index is -0.0588. The highest BCUT2D eigenvalue weighted by molar-refractivity contribution is 5.86. The fraction of sp³-hybridized carbons (Fsp3) is 0.286. The van der Waals surface area contributed by atoms with Gasteiger partial charge in [-0.1, -0.05) is 17.3 Å². The molecule has 0 aliphatic heterocycles. The van der Waals surface area contributed by atoms with Crippen molar-refractivity contribution in [2.24, 2.45) is 0 Å². The minimum absolute atomic E-state index is 0.0588. The van der Waals surface area contributed by atoms with Crippen LogP contribution in [0.25, 0.3) is 11.0 Å². The number of para-hydroxylation sites is 1. The topological polar surface area (TPSA) is 87.9 Å². The highest BCUT2D eigenvalue weighted by Gasteiger charge is 2.16. The predicted octanol–water partition coefficient (Wildman–Crippen LogP) is 1.46. The highest BCUT2D eigenvalue weighted by atomic mass is 16.5. The van der Waals surface area contributed by atoms with Gasteiger partial charge in [0.2, 0.25) is 5.91 Å². The summed E-state index contributed by atoms with van der Waals surface area (Å²) < 4.78 is 5.20. The summed E-state index contributed by atoms with van der Waals surface area (Å²) in [6.45, 7) is 2.18. The first-order valence-electron chi connectivity index (χ1n) is 6.58. The number of carbonyl (C=O) groups excluding carboxylic acids is 1. The Morgan fingerprint density at radius 2 is 2.19 bits per heavy atom. The Kier molecular flexibility index (Phi) is 3.39. The van der Waals surface area contributed by atoms with Gasteiger partial charge in [-0.05, 0) is 19.1 Å². The lowest BCUT2D eigenvalue weighted by molar-refractivity contribution is -0.129. The van der Waals surface area contributed by atoms with E-state index in [4.69, 9.17) is 4.52 Å². The van der Waals surface area contributed by atoms with Crippen LogP contribution in [0.1, 0.15) is 17.3 Å². The number of nitrogens with one attached hydrogen (secondary N) is 1. The predicted molar refractivity (Wildman–Crippen MR) is 75.3 cm³/mol. The Morgan fingerprint density at radius 1 is 1.38 bits per heavy atom. The van der Waals surface area contributed by atoms with E-state index in [1.165, 1.54) is 0 Å². The molecule has 1 amide bonds. The van der Waals surface area contributed by atoms with Crippen molar-refractivity contribution in [2.45, 2.75) is 19.9 Å². The van der Waals surface area contributed by atoms with Crippen molar-refractivity contribution in [3.05, 3.63) is 41.6 Å². The third-order valence-corrected chi connectivity index (χ3v) is 3.22. The number of benzene rings is 1. The smallest absolute Gasteiger partial charge is 0.228 e. The van der Waals surface area contributed by atoms with Gasteiger partial charge in [-0.3, -0.25) is 9.89 Å². The van der Waals surface area contributed by atoms with Gasteiger partial charge in [0.05, 0.1) is 13.0 Å². The molecule has 0 saturated heterocycles. The molecule has 0 bridgehead atoms. The van der Waals surface area contributed by atoms with Gasteiger partial charge in [0.1, 0.15) is 11.5 Å². The van der Waals surface area contributed by atoms with Gasteiger partial charge in [0.25, 0.3) is 0 Å². The van der Waals surface area contributed by atoms with Gasteiger partial charge in [0, 0.05) is 12.4 Å². The van der Waals surface area contributed by atoms with E-state index in [1.807, 2.05) is 31.2 Å². The molecule has 2 aromatic heterocycles. The van der Waals surface area contributed by atoms with Crippen molar-refractivity contribution in [3.8, 4) is 0 Å². The highest BCUT2D eigenvalue weighted by Crippen LogP contribution is 2.18. The van der Waals surface area contributed by atoms with Crippen LogP contribution < -0.4 is 0 Å². The lowest BCUT2D eigenvalue weighted by atomic mass is 10.1. The van der Waals surface area contributed by atoms with Crippen LogP contribution in [-0.2, 0) is 17.8 Å². The number of amides is 1. The van der Waals surface area contributed by atoms with Crippen molar-refractivity contribution < 1.29 is 9.32 Å². The number of hydrogen-bond donors (Lipinski definition) is 1. The number of aryl methyl sites for hydroxylation is 1. The molecule has 21 heavy (non-hydrogen) atoms. The largest absolute Gasteiger partial charge is 0.356 e. The lowest BCUT2D eigenvalue weighted by Crippen LogP contribution is -2.28. The molecule has 2 heterocycles. The summed E-state index contributed by atoms with van der Waals surface area (Å²) in [7, 11) is 1.72. The van der Waals surface area contributed by atoms with Crippen LogP contribution in [0.15, 0.2) is 28.8 Å². The summed E-state index contributed by atoms with van der Waals surface area (Å²) in [5, 5.41) is 11.6. The molecular weight excluding hydrogens is 270 g/mol. The van der Waals surface area contributed by atoms with Gasteiger partial charge in [-0.25, -0.2) is 4.98 Å². The molecule has 7 nitrogen and oxygen atoms in total. The van der Waals surface area contributed by atoms with Gasteiger partial charge >= 0.3 is 0 Å². The molecule has 0 atom stereocenters. The van der Waals surface area contributed by atoms with E-state index in [9.17, 15) is 4.79 Å². The van der Waals surface area contributed by atoms with Crippen LogP contribution in [0.5, 0.6) is 0 Å². The van der Waals surface area contributed by atoms with Crippen LogP contribution >= 0.6 is 0 Å². The van der Waals surface area contributed by atoms with E-state index in [0.717, 1.165) is 11.2 Å². The Morgan fingerprint density at radius 3 is 2.95 bits per heavy atom. The summed E-state index contributed by atoms with van der Waals surface area (Å²) in [5.74, 6) is 1.26. The molecule has 0 aliphatic rings. The molecule has 1 N–H and O–H groups in total. The molecule has 3 rings (SSSR count). The van der Waals surface area contributed by atoms with E-state index >= 15 is 0 Å². The van der Waals surface area contributed by atoms with Crippen molar-refractivity contribution in [3.63, 3.8) is 0 Å². The second-order valence-corrected chi connectivity index (χ2v) is 4.89. The molecule has 0 unspecified atom stereocenters. The van der Waals surface area contributed by atoms with Crippen molar-refractivity contribution >= 4 is 16.9 Å². The number of fused-ring (bicyclic) bond motifs is 1. The molecule has 0 spiro atoms. The molecule has 3 aromatic rings. The zero-order valence-electron chi connectivity index (χ0n) is 11.8. The number of carbonyl (C=O) groups is 1. The third-order valence-electron chi connectivity index (χ3n) is 3.22. The van der Waals surface area contributed by atoms with Gasteiger partial charge < -0.3 is 9.42 Å². The first kappa shape index (κ1) is 13.3. The van der Waals surface area contributed by atoms with E-state index in [-0.39, 0.29) is 12.3 Å². The third kappa shape index (κ3) is 2.76. The normalized spacial score (nSPS) is 11.0. The van der Waals surface area contributed by atoms with E-state index in [1.54, 1.807) is 11.9 Å². The second kappa shape index (κ2) is 5.35. The summed E-state index contributed by atoms with van der Waals surface area (Å²) in [6.07, 6.45) is 0.191. The number of aromatic nitrogens is 4. The quantitative estimate of drug-likeness (QED) is 0.784. The zero-order valence-corrected chi connectivity index (χ0v) is 11.8. The number of aromatic amines is 1. The zero-order chi connectivity index (χ0) is 14.8. The number of nitrogens with zero attached hydrogens (tertiary/aromatic N) is 4. The Balaban J connectivity index is 1.70. The Labute approximate surface area is 120 Å². The van der Waals surface area contributed by atoms with Crippen LogP contribution in [-0.4, -0.2) is 38.2 Å². The molecule has 0 saturated carbocycles. The van der Waals surface area contributed by atoms with E-state index < -0.39 is 0 Å². The van der Waals surface area contributed by atoms with Crippen LogP contribution in [0.2, 0.25) is 0 Å². The standard InChI is InChI=1S/C14H15N5O2/c1-9-15-13(17-16-9)8-19(2)14(20)7-11-10-5-3-4-6-12(10)21-18-11/h3-6H,7-8H2,1-2H3,(H,15,16,17). The number of rotatable bonds is 4. The van der Waals surface area contributed by atoms with Gasteiger partial charge in [-0.2, -0.15) is 5.10 Å². The summed E-state index contributed by atoms with van der Waals surface area (Å²) in [6, 6.07) is 7.49. The molecule has 1 aromatic carbocycles. The van der Waals surface area contributed by atoms with E-state index in [2.05, 4.69) is 20.3 Å². The van der Waals surface area contributed by atoms with Crippen LogP contribution in [0.4, 0.5) is 0 Å². The molecule has 0 fully saturated rings. The first-order chi connectivity index (χ1) is 10.1. The summed E-state index contributed by atoms with van der Waals surface area (Å²) in [5.41, 5.74) is 1.33. The molecule has 0 aliphatic carbocycles. The average molecular weight is 285 g/mol. The van der Waals surface area contributed by atoms with Crippen molar-refractivity contribution in [1.29, 1.82) is 0 Å². The molecular formula is C14H15N5O2. The fourth-order valence-corrected chi connectivity index (χ4v) is 2.10. The minimum Gasteiger partial charge on any atom is -0.356 e. The molecule has 108 valence electrons. The maximum Gasteiger partial charge on any atom is 0.228 e. The van der Waals surface area contributed by atoms with Gasteiger partial charge in [-0.15, -0.1) is 0 Å². The Bertz CT molecular complexity index is 776. The number of likely N-dealkylation sites (N-methyl/N-ethyl adjacent to an activating group) is 1. The fourth-order valence-electron chi connectivity index (χ4n) is 2.10. The monoisotopic (exact) mass is 285 g/mol. The summed E-state index contributed by atoms with van der Waals surface area (Å²) in [4.78, 5) is 18.0. The molecule has 0 radical (unpaired) electrons. The second-order valence-electron chi connectivity index (χ2n) is 4.89. The van der Waals surface area contributed by atoms with E-state index in [0.29, 0.717) is 23.6 Å². The van der Waals surface area contributed by atoms with Crippen LogP contribution in [0, 0.1) is 6.92 Å². The van der Waals surface area contributed by atoms with Gasteiger partial charge in [0.15, 0.2) is 11.4 Å². The SMILES string of the molecule is Cc1nc(CN(C)C(=O)Cc2noc3ccccc23)n[nH]1. The summed E-state index contributed by atoms with van der Waals surface area (Å²) >= 11 is 0. The maximum absolute atomic E-state index is 12.2. The van der Waals surface area contributed by atoms with Crippen molar-refractivity contribution in [2.75, 3.05) is 7.05 Å². The average Bonchev–Trinajstić information content (AvgIpc) is 3.06. The number of H-pyrrole nitrogens is 1. The van der Waals surface area contributed by atoms with Crippen molar-refractivity contribution in [1.82, 2.24) is 25.2 Å². The lowest BCUT2D eigenvalue weighted by Gasteiger charge is -2.14. The first-order valence-corrected chi connectivity index (χ1v) is 6.58. The maximum atomic E-state index is 12.2. The number of hydrogen-bond acceptors (Lipinski definition) is 5. The Hall–Kier alpha value is -2.70. The van der Waals surface area contributed by atoms with Crippen LogP contribution in [0.3, 0.4) is 0 Å².